The first kappa shape index (κ1) is 12.9. The molecule has 0 bridgehead atoms. The van der Waals surface area contributed by atoms with Crippen LogP contribution in [0.25, 0.3) is 0 Å². The molecule has 0 N–H and O–H groups in total. The Morgan fingerprint density at radius 3 is 2.68 bits per heavy atom. The molecule has 0 saturated heterocycles. The van der Waals surface area contributed by atoms with Crippen molar-refractivity contribution in [1.82, 2.24) is 10.2 Å². The Morgan fingerprint density at radius 1 is 1.05 bits per heavy atom. The number of rotatable bonds is 2. The number of hydrogen-bond acceptors (Lipinski definition) is 3. The van der Waals surface area contributed by atoms with Gasteiger partial charge >= 0.3 is 0 Å². The second kappa shape index (κ2) is 5.14. The number of halogens is 1. The van der Waals surface area contributed by atoms with Crippen LogP contribution in [0.1, 0.15) is 28.7 Å². The molecule has 0 aliphatic heterocycles. The van der Waals surface area contributed by atoms with Crippen molar-refractivity contribution in [3.63, 3.8) is 0 Å². The molecule has 3 rings (SSSR count). The van der Waals surface area contributed by atoms with Crippen molar-refractivity contribution in [1.29, 1.82) is 0 Å². The summed E-state index contributed by atoms with van der Waals surface area (Å²) in [7, 11) is 0. The summed E-state index contributed by atoms with van der Waals surface area (Å²) >= 11 is 7.65. The van der Waals surface area contributed by atoms with Crippen molar-refractivity contribution < 1.29 is 0 Å². The molecule has 0 saturated carbocycles. The smallest absolute Gasteiger partial charge is 0.142 e. The summed E-state index contributed by atoms with van der Waals surface area (Å²) in [5, 5.41) is 9.65. The SMILES string of the molecule is Cc1c(Cl)nnc(Sc2ccc3c(c2)CCC3)c1C. The number of aryl methyl sites for hydroxylation is 2. The van der Waals surface area contributed by atoms with Crippen molar-refractivity contribution in [2.24, 2.45) is 0 Å². The first-order valence-corrected chi connectivity index (χ1v) is 7.63. The molecule has 0 unspecified atom stereocenters. The lowest BCUT2D eigenvalue weighted by Crippen LogP contribution is -1.95. The molecule has 0 spiro atoms. The van der Waals surface area contributed by atoms with Gasteiger partial charge in [-0.25, -0.2) is 0 Å². The minimum absolute atomic E-state index is 0.496. The third-order valence-corrected chi connectivity index (χ3v) is 5.14. The van der Waals surface area contributed by atoms with Crippen LogP contribution in [0, 0.1) is 13.8 Å². The van der Waals surface area contributed by atoms with Crippen LogP contribution in [0.15, 0.2) is 28.1 Å². The summed E-state index contributed by atoms with van der Waals surface area (Å²) in [6.07, 6.45) is 3.70. The molecule has 19 heavy (non-hydrogen) atoms. The van der Waals surface area contributed by atoms with E-state index in [2.05, 4.69) is 28.4 Å². The minimum atomic E-state index is 0.496. The van der Waals surface area contributed by atoms with Gasteiger partial charge in [0.05, 0.1) is 0 Å². The van der Waals surface area contributed by atoms with E-state index in [1.807, 2.05) is 13.8 Å². The molecule has 98 valence electrons. The summed E-state index contributed by atoms with van der Waals surface area (Å²) in [5.74, 6) is 0. The monoisotopic (exact) mass is 290 g/mol. The second-order valence-corrected chi connectivity index (χ2v) is 6.35. The first-order valence-electron chi connectivity index (χ1n) is 6.44. The molecule has 1 heterocycles. The van der Waals surface area contributed by atoms with E-state index < -0.39 is 0 Å². The van der Waals surface area contributed by atoms with Crippen LogP contribution in [-0.2, 0) is 12.8 Å². The van der Waals surface area contributed by atoms with E-state index in [0.29, 0.717) is 5.15 Å². The van der Waals surface area contributed by atoms with Gasteiger partial charge in [-0.1, -0.05) is 29.4 Å². The average molecular weight is 291 g/mol. The number of fused-ring (bicyclic) bond motifs is 1. The van der Waals surface area contributed by atoms with Crippen LogP contribution in [0.3, 0.4) is 0 Å². The van der Waals surface area contributed by atoms with E-state index in [4.69, 9.17) is 11.6 Å². The largest absolute Gasteiger partial charge is 0.154 e. The number of hydrogen-bond donors (Lipinski definition) is 0. The third kappa shape index (κ3) is 2.49. The molecular weight excluding hydrogens is 276 g/mol. The Balaban J connectivity index is 1.91. The summed E-state index contributed by atoms with van der Waals surface area (Å²) in [5.41, 5.74) is 5.12. The zero-order valence-corrected chi connectivity index (χ0v) is 12.6. The van der Waals surface area contributed by atoms with Gasteiger partial charge < -0.3 is 0 Å². The maximum atomic E-state index is 5.98. The molecule has 1 aromatic carbocycles. The van der Waals surface area contributed by atoms with Crippen molar-refractivity contribution in [2.75, 3.05) is 0 Å². The molecule has 1 aliphatic rings. The molecule has 4 heteroatoms. The summed E-state index contributed by atoms with van der Waals surface area (Å²) in [4.78, 5) is 1.24. The van der Waals surface area contributed by atoms with E-state index in [0.717, 1.165) is 16.2 Å². The highest BCUT2D eigenvalue weighted by atomic mass is 35.5. The molecule has 2 nitrogen and oxygen atoms in total. The molecule has 0 atom stereocenters. The molecule has 1 aliphatic carbocycles. The van der Waals surface area contributed by atoms with Gasteiger partial charge in [-0.05, 0) is 67.5 Å². The highest BCUT2D eigenvalue weighted by Crippen LogP contribution is 2.33. The molecular formula is C15H15ClN2S. The maximum Gasteiger partial charge on any atom is 0.154 e. The highest BCUT2D eigenvalue weighted by molar-refractivity contribution is 7.99. The lowest BCUT2D eigenvalue weighted by molar-refractivity contribution is 0.891. The van der Waals surface area contributed by atoms with Gasteiger partial charge in [0.1, 0.15) is 5.03 Å². The van der Waals surface area contributed by atoms with Gasteiger partial charge in [-0.15, -0.1) is 10.2 Å². The van der Waals surface area contributed by atoms with E-state index in [1.54, 1.807) is 11.8 Å². The maximum absolute atomic E-state index is 5.98. The predicted octanol–water partition coefficient (Wildman–Crippen LogP) is 4.39. The molecule has 0 amide bonds. The quantitative estimate of drug-likeness (QED) is 0.820. The van der Waals surface area contributed by atoms with Crippen LogP contribution in [0.2, 0.25) is 5.15 Å². The summed E-state index contributed by atoms with van der Waals surface area (Å²) in [6.45, 7) is 4.03. The van der Waals surface area contributed by atoms with Crippen LogP contribution in [0.5, 0.6) is 0 Å². The van der Waals surface area contributed by atoms with E-state index in [9.17, 15) is 0 Å². The third-order valence-electron chi connectivity index (χ3n) is 3.71. The van der Waals surface area contributed by atoms with E-state index >= 15 is 0 Å². The molecule has 2 aromatic rings. The fraction of sp³-hybridized carbons (Fsp3) is 0.333. The summed E-state index contributed by atoms with van der Waals surface area (Å²) in [6, 6.07) is 6.72. The van der Waals surface area contributed by atoms with Gasteiger partial charge in [0, 0.05) is 4.90 Å². The Bertz CT molecular complexity index is 640. The van der Waals surface area contributed by atoms with Gasteiger partial charge in [0.15, 0.2) is 5.15 Å². The normalized spacial score (nSPS) is 13.6. The highest BCUT2D eigenvalue weighted by Gasteiger charge is 2.13. The standard InChI is InChI=1S/C15H15ClN2S/c1-9-10(2)15(18-17-14(9)16)19-13-7-6-11-4-3-5-12(11)8-13/h6-8H,3-5H2,1-2H3. The van der Waals surface area contributed by atoms with Gasteiger partial charge in [0.2, 0.25) is 0 Å². The molecule has 0 radical (unpaired) electrons. The topological polar surface area (TPSA) is 25.8 Å². The van der Waals surface area contributed by atoms with Crippen LogP contribution in [0.4, 0.5) is 0 Å². The number of aromatic nitrogens is 2. The Labute approximate surface area is 122 Å². The van der Waals surface area contributed by atoms with Crippen molar-refractivity contribution in [2.45, 2.75) is 43.0 Å². The van der Waals surface area contributed by atoms with E-state index in [-0.39, 0.29) is 0 Å². The van der Waals surface area contributed by atoms with Crippen molar-refractivity contribution in [3.8, 4) is 0 Å². The van der Waals surface area contributed by atoms with Crippen LogP contribution >= 0.6 is 23.4 Å². The predicted molar refractivity (Wildman–Crippen MR) is 79.1 cm³/mol. The first-order chi connectivity index (χ1) is 9.15. The van der Waals surface area contributed by atoms with Gasteiger partial charge in [0.25, 0.3) is 0 Å². The number of benzene rings is 1. The molecule has 0 fully saturated rings. The van der Waals surface area contributed by atoms with Crippen LogP contribution < -0.4 is 0 Å². The fourth-order valence-electron chi connectivity index (χ4n) is 2.37. The Morgan fingerprint density at radius 2 is 1.84 bits per heavy atom. The number of nitrogens with zero attached hydrogens (tertiary/aromatic N) is 2. The van der Waals surface area contributed by atoms with Crippen molar-refractivity contribution in [3.05, 3.63) is 45.6 Å². The molecule has 1 aromatic heterocycles. The van der Waals surface area contributed by atoms with Crippen molar-refractivity contribution >= 4 is 23.4 Å². The van der Waals surface area contributed by atoms with E-state index in [1.165, 1.54) is 35.3 Å². The average Bonchev–Trinajstić information content (AvgIpc) is 2.87. The fourth-order valence-corrected chi connectivity index (χ4v) is 3.50. The van der Waals surface area contributed by atoms with Gasteiger partial charge in [-0.3, -0.25) is 0 Å². The zero-order valence-electron chi connectivity index (χ0n) is 11.0. The van der Waals surface area contributed by atoms with Gasteiger partial charge in [-0.2, -0.15) is 0 Å². The summed E-state index contributed by atoms with van der Waals surface area (Å²) < 4.78 is 0. The van der Waals surface area contributed by atoms with Crippen LogP contribution in [-0.4, -0.2) is 10.2 Å². The minimum Gasteiger partial charge on any atom is -0.142 e. The lowest BCUT2D eigenvalue weighted by atomic mass is 10.1. The Kier molecular flexibility index (Phi) is 3.50. The second-order valence-electron chi connectivity index (χ2n) is 4.93. The Hall–Kier alpha value is -1.06. The lowest BCUT2D eigenvalue weighted by Gasteiger charge is -2.08. The zero-order chi connectivity index (χ0) is 13.4.